The summed E-state index contributed by atoms with van der Waals surface area (Å²) in [6.07, 6.45) is 1.08. The molecule has 0 aromatic rings. The number of aliphatic hydroxyl groups is 1. The van der Waals surface area contributed by atoms with E-state index >= 15 is 0 Å². The summed E-state index contributed by atoms with van der Waals surface area (Å²) in [5, 5.41) is 19.9. The van der Waals surface area contributed by atoms with Crippen LogP contribution in [-0.4, -0.2) is 52.9 Å². The number of amides is 2. The molecule has 1 heterocycles. The molecule has 2 amide bonds. The van der Waals surface area contributed by atoms with Crippen LogP contribution in [0.2, 0.25) is 0 Å². The Hall–Kier alpha value is -1.30. The summed E-state index contributed by atoms with van der Waals surface area (Å²) < 4.78 is 0. The zero-order valence-corrected chi connectivity index (χ0v) is 10.2. The van der Waals surface area contributed by atoms with Crippen LogP contribution < -0.4 is 5.32 Å². The lowest BCUT2D eigenvalue weighted by molar-refractivity contribution is -0.140. The van der Waals surface area contributed by atoms with Gasteiger partial charge in [0.15, 0.2) is 6.04 Å². The summed E-state index contributed by atoms with van der Waals surface area (Å²) in [7, 11) is 0. The van der Waals surface area contributed by atoms with E-state index in [1.807, 2.05) is 0 Å². The van der Waals surface area contributed by atoms with Crippen molar-refractivity contribution in [2.75, 3.05) is 19.7 Å². The van der Waals surface area contributed by atoms with Gasteiger partial charge in [-0.1, -0.05) is 13.8 Å². The summed E-state index contributed by atoms with van der Waals surface area (Å²) in [4.78, 5) is 24.1. The van der Waals surface area contributed by atoms with Gasteiger partial charge in [-0.25, -0.2) is 9.59 Å². The van der Waals surface area contributed by atoms with Gasteiger partial charge in [0, 0.05) is 13.1 Å². The van der Waals surface area contributed by atoms with E-state index in [9.17, 15) is 9.59 Å². The first-order chi connectivity index (χ1) is 7.93. The summed E-state index contributed by atoms with van der Waals surface area (Å²) >= 11 is 0. The average Bonchev–Trinajstić information content (AvgIpc) is 2.23. The van der Waals surface area contributed by atoms with Crippen LogP contribution in [0.15, 0.2) is 0 Å². The quantitative estimate of drug-likeness (QED) is 0.657. The number of rotatable bonds is 3. The number of urea groups is 1. The van der Waals surface area contributed by atoms with Crippen LogP contribution in [0.1, 0.15) is 20.3 Å². The molecule has 0 spiro atoms. The highest BCUT2D eigenvalue weighted by Gasteiger charge is 2.28. The van der Waals surface area contributed by atoms with Crippen LogP contribution >= 0.6 is 0 Å². The van der Waals surface area contributed by atoms with Gasteiger partial charge in [0.1, 0.15) is 0 Å². The molecule has 0 aromatic carbocycles. The monoisotopic (exact) mass is 244 g/mol. The van der Waals surface area contributed by atoms with Crippen molar-refractivity contribution >= 4 is 12.0 Å². The molecule has 0 aliphatic carbocycles. The topological polar surface area (TPSA) is 89.9 Å². The number of nitrogens with one attached hydrogen (secondary N) is 1. The first kappa shape index (κ1) is 13.8. The van der Waals surface area contributed by atoms with E-state index in [2.05, 4.69) is 19.2 Å². The third-order valence-electron chi connectivity index (χ3n) is 2.93. The normalized spacial score (nSPS) is 26.4. The minimum atomic E-state index is -1.23. The van der Waals surface area contributed by atoms with Crippen LogP contribution in [0, 0.1) is 11.8 Å². The Morgan fingerprint density at radius 2 is 1.88 bits per heavy atom. The maximum Gasteiger partial charge on any atom is 0.328 e. The Morgan fingerprint density at radius 3 is 2.29 bits per heavy atom. The first-order valence-electron chi connectivity index (χ1n) is 5.83. The SMILES string of the molecule is CC1CC(C)CN(C(=O)NC(CO)C(=O)O)C1. The van der Waals surface area contributed by atoms with Crippen molar-refractivity contribution in [2.24, 2.45) is 11.8 Å². The average molecular weight is 244 g/mol. The molecule has 6 nitrogen and oxygen atoms in total. The van der Waals surface area contributed by atoms with Crippen molar-refractivity contribution in [3.05, 3.63) is 0 Å². The van der Waals surface area contributed by atoms with Crippen LogP contribution in [0.5, 0.6) is 0 Å². The molecule has 1 fully saturated rings. The predicted octanol–water partition coefficient (Wildman–Crippen LogP) is 0.119. The summed E-state index contributed by atoms with van der Waals surface area (Å²) in [6, 6.07) is -1.64. The third kappa shape index (κ3) is 3.89. The zero-order chi connectivity index (χ0) is 13.0. The van der Waals surface area contributed by atoms with Crippen LogP contribution in [0.4, 0.5) is 4.79 Å². The molecule has 0 bridgehead atoms. The zero-order valence-electron chi connectivity index (χ0n) is 10.2. The van der Waals surface area contributed by atoms with E-state index in [-0.39, 0.29) is 0 Å². The molecule has 0 saturated carbocycles. The van der Waals surface area contributed by atoms with Gasteiger partial charge in [0.25, 0.3) is 0 Å². The number of piperidine rings is 1. The van der Waals surface area contributed by atoms with E-state index in [0.29, 0.717) is 24.9 Å². The molecule has 17 heavy (non-hydrogen) atoms. The first-order valence-corrected chi connectivity index (χ1v) is 5.83. The lowest BCUT2D eigenvalue weighted by Crippen LogP contribution is -2.53. The second-order valence-electron chi connectivity index (χ2n) is 4.87. The van der Waals surface area contributed by atoms with E-state index in [1.165, 1.54) is 0 Å². The van der Waals surface area contributed by atoms with Gasteiger partial charge in [-0.05, 0) is 18.3 Å². The Bertz CT molecular complexity index is 285. The molecular formula is C11H20N2O4. The number of carboxylic acids is 1. The number of hydrogen-bond acceptors (Lipinski definition) is 3. The molecule has 0 aromatic heterocycles. The minimum Gasteiger partial charge on any atom is -0.480 e. The maximum atomic E-state index is 11.8. The number of carbonyl (C=O) groups is 2. The molecule has 1 saturated heterocycles. The number of aliphatic carboxylic acids is 1. The largest absolute Gasteiger partial charge is 0.480 e. The van der Waals surface area contributed by atoms with Crippen molar-refractivity contribution in [3.8, 4) is 0 Å². The Kier molecular flexibility index (Phi) is 4.74. The maximum absolute atomic E-state index is 11.8. The summed E-state index contributed by atoms with van der Waals surface area (Å²) in [6.45, 7) is 4.80. The number of hydrogen-bond donors (Lipinski definition) is 3. The Morgan fingerprint density at radius 1 is 1.35 bits per heavy atom. The van der Waals surface area contributed by atoms with Gasteiger partial charge in [-0.3, -0.25) is 0 Å². The third-order valence-corrected chi connectivity index (χ3v) is 2.93. The molecule has 3 atom stereocenters. The number of nitrogens with zero attached hydrogens (tertiary/aromatic N) is 1. The lowest BCUT2D eigenvalue weighted by atomic mass is 9.92. The molecule has 1 aliphatic heterocycles. The highest BCUT2D eigenvalue weighted by Crippen LogP contribution is 2.20. The van der Waals surface area contributed by atoms with Crippen molar-refractivity contribution in [1.82, 2.24) is 10.2 Å². The van der Waals surface area contributed by atoms with Gasteiger partial charge in [-0.2, -0.15) is 0 Å². The van der Waals surface area contributed by atoms with Gasteiger partial charge < -0.3 is 20.4 Å². The number of likely N-dealkylation sites (tertiary alicyclic amines) is 1. The van der Waals surface area contributed by atoms with Gasteiger partial charge in [-0.15, -0.1) is 0 Å². The fraction of sp³-hybridized carbons (Fsp3) is 0.818. The Balaban J connectivity index is 2.54. The van der Waals surface area contributed by atoms with Crippen LogP contribution in [-0.2, 0) is 4.79 Å². The second-order valence-corrected chi connectivity index (χ2v) is 4.87. The molecule has 3 N–H and O–H groups in total. The van der Waals surface area contributed by atoms with E-state index < -0.39 is 24.6 Å². The van der Waals surface area contributed by atoms with Crippen molar-refractivity contribution in [2.45, 2.75) is 26.3 Å². The fourth-order valence-electron chi connectivity index (χ4n) is 2.25. The van der Waals surface area contributed by atoms with Crippen molar-refractivity contribution in [3.63, 3.8) is 0 Å². The molecule has 1 aliphatic rings. The number of carbonyl (C=O) groups excluding carboxylic acids is 1. The predicted molar refractivity (Wildman–Crippen MR) is 61.6 cm³/mol. The van der Waals surface area contributed by atoms with E-state index in [4.69, 9.17) is 10.2 Å². The second kappa shape index (κ2) is 5.86. The Labute approximate surface area is 101 Å². The van der Waals surface area contributed by atoms with Crippen LogP contribution in [0.25, 0.3) is 0 Å². The summed E-state index contributed by atoms with van der Waals surface area (Å²) in [5.74, 6) is -0.386. The van der Waals surface area contributed by atoms with Gasteiger partial charge in [0.2, 0.25) is 0 Å². The number of aliphatic hydroxyl groups excluding tert-OH is 1. The van der Waals surface area contributed by atoms with Gasteiger partial charge >= 0.3 is 12.0 Å². The lowest BCUT2D eigenvalue weighted by Gasteiger charge is -2.35. The van der Waals surface area contributed by atoms with Gasteiger partial charge in [0.05, 0.1) is 6.61 Å². The van der Waals surface area contributed by atoms with Crippen LogP contribution in [0.3, 0.4) is 0 Å². The minimum absolute atomic E-state index is 0.412. The van der Waals surface area contributed by atoms with E-state index in [1.54, 1.807) is 4.90 Å². The highest BCUT2D eigenvalue weighted by atomic mass is 16.4. The molecule has 0 radical (unpaired) electrons. The smallest absolute Gasteiger partial charge is 0.328 e. The molecule has 1 rings (SSSR count). The molecule has 3 unspecified atom stereocenters. The summed E-state index contributed by atoms with van der Waals surface area (Å²) in [5.41, 5.74) is 0. The van der Waals surface area contributed by atoms with E-state index in [0.717, 1.165) is 6.42 Å². The standard InChI is InChI=1S/C11H20N2O4/c1-7-3-8(2)5-13(4-7)11(17)12-9(6-14)10(15)16/h7-9,14H,3-6H2,1-2H3,(H,12,17)(H,15,16). The fourth-order valence-corrected chi connectivity index (χ4v) is 2.25. The van der Waals surface area contributed by atoms with Crippen molar-refractivity contribution in [1.29, 1.82) is 0 Å². The highest BCUT2D eigenvalue weighted by molar-refractivity contribution is 5.82. The molecule has 98 valence electrons. The molecule has 6 heteroatoms. The number of carboxylic acid groups (broad SMARTS) is 1. The van der Waals surface area contributed by atoms with Crippen molar-refractivity contribution < 1.29 is 19.8 Å². The molecular weight excluding hydrogens is 224 g/mol.